The van der Waals surface area contributed by atoms with Gasteiger partial charge >= 0.3 is 6.03 Å². The van der Waals surface area contributed by atoms with E-state index in [1.165, 1.54) is 24.6 Å². The summed E-state index contributed by atoms with van der Waals surface area (Å²) in [5.41, 5.74) is 0.259. The highest BCUT2D eigenvalue weighted by Gasteiger charge is 2.23. The zero-order valence-corrected chi connectivity index (χ0v) is 12.5. The van der Waals surface area contributed by atoms with Crippen molar-refractivity contribution in [1.29, 1.82) is 0 Å². The summed E-state index contributed by atoms with van der Waals surface area (Å²) in [5, 5.41) is 16.3. The van der Waals surface area contributed by atoms with E-state index in [0.717, 1.165) is 19.3 Å². The fourth-order valence-electron chi connectivity index (χ4n) is 2.60. The van der Waals surface area contributed by atoms with Crippen molar-refractivity contribution in [1.82, 2.24) is 5.32 Å². The van der Waals surface area contributed by atoms with Crippen LogP contribution < -0.4 is 10.6 Å². The van der Waals surface area contributed by atoms with E-state index in [4.69, 9.17) is 11.6 Å². The number of nitro benzene ring substituents is 1. The highest BCUT2D eigenvalue weighted by Crippen LogP contribution is 2.27. The Hall–Kier alpha value is -1.82. The Morgan fingerprint density at radius 1 is 1.38 bits per heavy atom. The van der Waals surface area contributed by atoms with Gasteiger partial charge in [0, 0.05) is 17.8 Å². The standard InChI is InChI=1S/C14H18ClN3O3/c1-9-4-2-3-5-12(9)17-14(19)16-10-6-7-13(18(20)21)11(15)8-10/h6-9,12H,2-5H2,1H3,(H2,16,17,19)/t9-,12-/m1/s1. The Labute approximate surface area is 128 Å². The van der Waals surface area contributed by atoms with Crippen molar-refractivity contribution >= 4 is 29.0 Å². The maximum Gasteiger partial charge on any atom is 0.319 e. The summed E-state index contributed by atoms with van der Waals surface area (Å²) in [6.45, 7) is 2.13. The lowest BCUT2D eigenvalue weighted by Gasteiger charge is -2.29. The lowest BCUT2D eigenvalue weighted by Crippen LogP contribution is -2.43. The first-order valence-corrected chi connectivity index (χ1v) is 7.36. The van der Waals surface area contributed by atoms with Crippen LogP contribution in [0.4, 0.5) is 16.2 Å². The van der Waals surface area contributed by atoms with Crippen LogP contribution >= 0.6 is 11.6 Å². The Balaban J connectivity index is 1.96. The van der Waals surface area contributed by atoms with Gasteiger partial charge in [-0.1, -0.05) is 31.4 Å². The summed E-state index contributed by atoms with van der Waals surface area (Å²) >= 11 is 5.81. The Morgan fingerprint density at radius 3 is 2.71 bits per heavy atom. The SMILES string of the molecule is C[C@@H]1CCCC[C@H]1NC(=O)Nc1ccc([N+](=O)[O-])c(Cl)c1. The van der Waals surface area contributed by atoms with E-state index in [-0.39, 0.29) is 22.8 Å². The third-order valence-corrected chi connectivity index (χ3v) is 4.13. The molecular weight excluding hydrogens is 294 g/mol. The minimum atomic E-state index is -0.560. The van der Waals surface area contributed by atoms with Gasteiger partial charge in [-0.05, 0) is 30.9 Å². The largest absolute Gasteiger partial charge is 0.335 e. The number of amides is 2. The zero-order chi connectivity index (χ0) is 15.4. The molecule has 0 aliphatic heterocycles. The molecule has 0 aromatic heterocycles. The van der Waals surface area contributed by atoms with E-state index < -0.39 is 4.92 Å². The molecule has 1 aliphatic rings. The second-order valence-corrected chi connectivity index (χ2v) is 5.80. The molecular formula is C14H18ClN3O3. The van der Waals surface area contributed by atoms with Gasteiger partial charge in [0.25, 0.3) is 5.69 Å². The number of hydrogen-bond acceptors (Lipinski definition) is 3. The summed E-state index contributed by atoms with van der Waals surface area (Å²) in [6, 6.07) is 3.99. The van der Waals surface area contributed by atoms with Crippen LogP contribution in [-0.4, -0.2) is 17.0 Å². The third-order valence-electron chi connectivity index (χ3n) is 3.83. The van der Waals surface area contributed by atoms with E-state index in [2.05, 4.69) is 17.6 Å². The average molecular weight is 312 g/mol. The van der Waals surface area contributed by atoms with Crippen LogP contribution in [0.5, 0.6) is 0 Å². The molecule has 6 nitrogen and oxygen atoms in total. The summed E-state index contributed by atoms with van der Waals surface area (Å²) in [7, 11) is 0. The lowest BCUT2D eigenvalue weighted by atomic mass is 9.86. The fraction of sp³-hybridized carbons (Fsp3) is 0.500. The Bertz CT molecular complexity index is 550. The third kappa shape index (κ3) is 4.07. The van der Waals surface area contributed by atoms with Gasteiger partial charge in [-0.3, -0.25) is 10.1 Å². The van der Waals surface area contributed by atoms with E-state index >= 15 is 0 Å². The number of urea groups is 1. The second kappa shape index (κ2) is 6.76. The normalized spacial score (nSPS) is 21.6. The van der Waals surface area contributed by atoms with E-state index in [1.54, 1.807) is 0 Å². The number of nitrogens with one attached hydrogen (secondary N) is 2. The Morgan fingerprint density at radius 2 is 2.10 bits per heavy atom. The van der Waals surface area contributed by atoms with Gasteiger partial charge < -0.3 is 10.6 Å². The number of carbonyl (C=O) groups excluding carboxylic acids is 1. The van der Waals surface area contributed by atoms with Gasteiger partial charge in [0.05, 0.1) is 4.92 Å². The van der Waals surface area contributed by atoms with Crippen LogP contribution in [0.15, 0.2) is 18.2 Å². The first kappa shape index (κ1) is 15.6. The minimum Gasteiger partial charge on any atom is -0.335 e. The molecule has 2 N–H and O–H groups in total. The quantitative estimate of drug-likeness (QED) is 0.654. The number of hydrogen-bond donors (Lipinski definition) is 2. The highest BCUT2D eigenvalue weighted by molar-refractivity contribution is 6.33. The smallest absolute Gasteiger partial charge is 0.319 e. The molecule has 1 saturated carbocycles. The van der Waals surface area contributed by atoms with Crippen LogP contribution in [0.3, 0.4) is 0 Å². The van der Waals surface area contributed by atoms with Crippen molar-refractivity contribution in [3.63, 3.8) is 0 Å². The summed E-state index contributed by atoms with van der Waals surface area (Å²) < 4.78 is 0. The summed E-state index contributed by atoms with van der Waals surface area (Å²) in [4.78, 5) is 22.1. The van der Waals surface area contributed by atoms with Gasteiger partial charge in [-0.2, -0.15) is 0 Å². The average Bonchev–Trinajstić information content (AvgIpc) is 2.41. The molecule has 2 amide bonds. The van der Waals surface area contributed by atoms with Crippen molar-refractivity contribution in [3.05, 3.63) is 33.3 Å². The predicted molar refractivity (Wildman–Crippen MR) is 81.7 cm³/mol. The molecule has 0 saturated heterocycles. The minimum absolute atomic E-state index is 0.00355. The fourth-order valence-corrected chi connectivity index (χ4v) is 2.85. The molecule has 1 aromatic carbocycles. The van der Waals surface area contributed by atoms with Crippen LogP contribution in [0, 0.1) is 16.0 Å². The van der Waals surface area contributed by atoms with E-state index in [9.17, 15) is 14.9 Å². The Kier molecular flexibility index (Phi) is 5.01. The number of anilines is 1. The lowest BCUT2D eigenvalue weighted by molar-refractivity contribution is -0.384. The molecule has 2 atom stereocenters. The number of rotatable bonds is 3. The van der Waals surface area contributed by atoms with Crippen LogP contribution in [0.2, 0.25) is 5.02 Å². The number of halogens is 1. The van der Waals surface area contributed by atoms with Gasteiger partial charge in [0.2, 0.25) is 0 Å². The predicted octanol–water partition coefficient (Wildman–Crippen LogP) is 3.95. The number of nitrogens with zero attached hydrogens (tertiary/aromatic N) is 1. The first-order valence-electron chi connectivity index (χ1n) is 6.99. The van der Waals surface area contributed by atoms with Crippen molar-refractivity contribution in [2.75, 3.05) is 5.32 Å². The van der Waals surface area contributed by atoms with Crippen molar-refractivity contribution in [2.45, 2.75) is 38.6 Å². The molecule has 0 radical (unpaired) electrons. The van der Waals surface area contributed by atoms with Crippen LogP contribution in [-0.2, 0) is 0 Å². The maximum atomic E-state index is 12.0. The molecule has 0 heterocycles. The molecule has 1 aromatic rings. The van der Waals surface area contributed by atoms with Crippen molar-refractivity contribution in [3.8, 4) is 0 Å². The molecule has 0 bridgehead atoms. The van der Waals surface area contributed by atoms with Gasteiger partial charge in [-0.15, -0.1) is 0 Å². The second-order valence-electron chi connectivity index (χ2n) is 5.39. The van der Waals surface area contributed by atoms with Crippen molar-refractivity contribution < 1.29 is 9.72 Å². The van der Waals surface area contributed by atoms with Gasteiger partial charge in [-0.25, -0.2) is 4.79 Å². The maximum absolute atomic E-state index is 12.0. The summed E-state index contributed by atoms with van der Waals surface area (Å²) in [6.07, 6.45) is 4.43. The van der Waals surface area contributed by atoms with E-state index in [0.29, 0.717) is 11.6 Å². The molecule has 2 rings (SSSR count). The number of nitro groups is 1. The molecule has 114 valence electrons. The van der Waals surface area contributed by atoms with Gasteiger partial charge in [0.15, 0.2) is 0 Å². The molecule has 7 heteroatoms. The molecule has 0 unspecified atom stereocenters. The van der Waals surface area contributed by atoms with Crippen LogP contribution in [0.25, 0.3) is 0 Å². The topological polar surface area (TPSA) is 84.3 Å². The first-order chi connectivity index (χ1) is 9.97. The molecule has 21 heavy (non-hydrogen) atoms. The molecule has 1 fully saturated rings. The van der Waals surface area contributed by atoms with Gasteiger partial charge in [0.1, 0.15) is 5.02 Å². The van der Waals surface area contributed by atoms with Crippen molar-refractivity contribution in [2.24, 2.45) is 5.92 Å². The van der Waals surface area contributed by atoms with Crippen LogP contribution in [0.1, 0.15) is 32.6 Å². The summed E-state index contributed by atoms with van der Waals surface area (Å²) in [5.74, 6) is 0.463. The monoisotopic (exact) mass is 311 g/mol. The number of benzene rings is 1. The molecule has 0 spiro atoms. The highest BCUT2D eigenvalue weighted by atomic mass is 35.5. The zero-order valence-electron chi connectivity index (χ0n) is 11.8. The van der Waals surface area contributed by atoms with E-state index in [1.807, 2.05) is 0 Å². The number of carbonyl (C=O) groups is 1. The molecule has 1 aliphatic carbocycles.